The molecule has 3 heterocycles. The number of carbonyl (C=O) groups excluding carboxylic acids is 2. The molecule has 1 unspecified atom stereocenters. The fraction of sp³-hybridized carbons (Fsp3) is 0.261. The van der Waals surface area contributed by atoms with E-state index in [1.54, 1.807) is 36.0 Å². The topological polar surface area (TPSA) is 94.8 Å². The van der Waals surface area contributed by atoms with Crippen LogP contribution in [-0.2, 0) is 6.54 Å². The van der Waals surface area contributed by atoms with Gasteiger partial charge in [0.05, 0.1) is 34.6 Å². The third kappa shape index (κ3) is 3.50. The van der Waals surface area contributed by atoms with Crippen molar-refractivity contribution in [2.45, 2.75) is 32.6 Å². The first-order valence-electron chi connectivity index (χ1n) is 10.4. The van der Waals surface area contributed by atoms with Crippen LogP contribution in [0.5, 0.6) is 0 Å². The zero-order valence-electron chi connectivity index (χ0n) is 17.7. The van der Waals surface area contributed by atoms with E-state index in [1.165, 1.54) is 4.90 Å². The molecule has 164 valence electrons. The number of aliphatic imine (C=N–C) groups is 1. The molecule has 5 rings (SSSR count). The molecule has 2 amide bonds. The lowest BCUT2D eigenvalue weighted by molar-refractivity contribution is 0.0642. The first-order valence-corrected chi connectivity index (χ1v) is 11.8. The molecule has 0 aliphatic carbocycles. The number of aromatic amines is 1. The number of rotatable bonds is 5. The fourth-order valence-electron chi connectivity index (χ4n) is 4.10. The van der Waals surface area contributed by atoms with E-state index in [0.29, 0.717) is 16.8 Å². The van der Waals surface area contributed by atoms with Gasteiger partial charge in [0.25, 0.3) is 11.8 Å². The largest absolute Gasteiger partial charge is 0.397 e. The normalized spacial score (nSPS) is 18.3. The summed E-state index contributed by atoms with van der Waals surface area (Å²) in [5, 5.41) is 1.84. The second-order valence-electron chi connectivity index (χ2n) is 8.27. The maximum absolute atomic E-state index is 12.7. The van der Waals surface area contributed by atoms with Crippen LogP contribution in [0.3, 0.4) is 0 Å². The average molecular weight is 466 g/mol. The van der Waals surface area contributed by atoms with E-state index in [9.17, 15) is 9.59 Å². The molecular formula is C23H23N5O2S2. The fourth-order valence-corrected chi connectivity index (χ4v) is 5.35. The maximum atomic E-state index is 12.7. The van der Waals surface area contributed by atoms with Gasteiger partial charge in [-0.3, -0.25) is 19.5 Å². The number of aromatic nitrogens is 1. The van der Waals surface area contributed by atoms with E-state index in [4.69, 9.17) is 10.7 Å². The third-order valence-corrected chi connectivity index (χ3v) is 7.53. The molecule has 2 aliphatic heterocycles. The summed E-state index contributed by atoms with van der Waals surface area (Å²) in [6.07, 6.45) is 0.0199. The van der Waals surface area contributed by atoms with Gasteiger partial charge in [-0.25, -0.2) is 4.31 Å². The average Bonchev–Trinajstić information content (AvgIpc) is 3.48. The number of nitrogens with two attached hydrogens (primary N) is 1. The number of anilines is 1. The van der Waals surface area contributed by atoms with E-state index in [1.807, 2.05) is 22.5 Å². The molecule has 32 heavy (non-hydrogen) atoms. The lowest BCUT2D eigenvalue weighted by Gasteiger charge is -2.23. The van der Waals surface area contributed by atoms with Crippen LogP contribution in [0.15, 0.2) is 47.5 Å². The smallest absolute Gasteiger partial charge is 0.261 e. The molecular weight excluding hydrogens is 442 g/mol. The molecule has 2 aromatic carbocycles. The van der Waals surface area contributed by atoms with Gasteiger partial charge in [0.1, 0.15) is 11.2 Å². The number of H-pyrrole nitrogens is 1. The van der Waals surface area contributed by atoms with Gasteiger partial charge in [-0.1, -0.05) is 24.9 Å². The Hall–Kier alpha value is -2.75. The molecule has 0 saturated carbocycles. The number of amides is 2. The standard InChI is InChI=1S/C23H23N5O2S2/c1-12(2)28(31)19-11-32-21(26-19)18-9-14-7-13(8-17(24)20(14)25-18)10-27-22(29)15-5-3-4-6-16(15)23(27)30/h3-9,12,19,25,31H,10-11,24H2,1-2H3. The molecule has 0 fully saturated rings. The Morgan fingerprint density at radius 2 is 1.91 bits per heavy atom. The van der Waals surface area contributed by atoms with Crippen molar-refractivity contribution in [2.24, 2.45) is 4.99 Å². The molecule has 7 nitrogen and oxygen atoms in total. The zero-order valence-corrected chi connectivity index (χ0v) is 19.4. The summed E-state index contributed by atoms with van der Waals surface area (Å²) < 4.78 is 1.96. The van der Waals surface area contributed by atoms with Gasteiger partial charge in [0.2, 0.25) is 0 Å². The number of nitrogens with one attached hydrogen (secondary N) is 1. The van der Waals surface area contributed by atoms with Crippen molar-refractivity contribution < 1.29 is 9.59 Å². The van der Waals surface area contributed by atoms with Crippen LogP contribution in [0.4, 0.5) is 5.69 Å². The molecule has 9 heteroatoms. The van der Waals surface area contributed by atoms with Gasteiger partial charge in [-0.15, -0.1) is 11.8 Å². The zero-order chi connectivity index (χ0) is 22.6. The molecule has 0 bridgehead atoms. The molecule has 2 aliphatic rings. The Bertz CT molecular complexity index is 1250. The molecule has 1 atom stereocenters. The lowest BCUT2D eigenvalue weighted by Crippen LogP contribution is -2.31. The van der Waals surface area contributed by atoms with E-state index < -0.39 is 0 Å². The van der Waals surface area contributed by atoms with Crippen molar-refractivity contribution >= 4 is 58.0 Å². The van der Waals surface area contributed by atoms with Crippen molar-refractivity contribution in [2.75, 3.05) is 11.5 Å². The predicted octanol–water partition coefficient (Wildman–Crippen LogP) is 3.92. The minimum atomic E-state index is -0.275. The molecule has 0 saturated heterocycles. The highest BCUT2D eigenvalue weighted by molar-refractivity contribution is 8.14. The van der Waals surface area contributed by atoms with Crippen molar-refractivity contribution in [3.8, 4) is 0 Å². The Kier molecular flexibility index (Phi) is 5.27. The minimum Gasteiger partial charge on any atom is -0.397 e. The summed E-state index contributed by atoms with van der Waals surface area (Å²) in [5.74, 6) is 0.291. The molecule has 3 N–H and O–H groups in total. The molecule has 1 aromatic heterocycles. The van der Waals surface area contributed by atoms with Crippen molar-refractivity contribution in [1.29, 1.82) is 0 Å². The van der Waals surface area contributed by atoms with Crippen molar-refractivity contribution in [3.05, 3.63) is 64.8 Å². The third-order valence-electron chi connectivity index (χ3n) is 5.74. The number of fused-ring (bicyclic) bond motifs is 2. The Morgan fingerprint density at radius 1 is 1.22 bits per heavy atom. The van der Waals surface area contributed by atoms with Crippen LogP contribution in [0.2, 0.25) is 0 Å². The quantitative estimate of drug-likeness (QED) is 0.302. The summed E-state index contributed by atoms with van der Waals surface area (Å²) in [6.45, 7) is 4.35. The summed E-state index contributed by atoms with van der Waals surface area (Å²) in [7, 11) is 0. The van der Waals surface area contributed by atoms with Crippen LogP contribution >= 0.6 is 24.6 Å². The number of nitrogens with zero attached hydrogens (tertiary/aromatic N) is 3. The first kappa shape index (κ1) is 21.1. The van der Waals surface area contributed by atoms with Crippen LogP contribution in [0.1, 0.15) is 45.8 Å². The Morgan fingerprint density at radius 3 is 2.56 bits per heavy atom. The van der Waals surface area contributed by atoms with Crippen molar-refractivity contribution in [1.82, 2.24) is 14.2 Å². The molecule has 0 radical (unpaired) electrons. The Balaban J connectivity index is 1.42. The number of hydrogen-bond acceptors (Lipinski definition) is 7. The van der Waals surface area contributed by atoms with Gasteiger partial charge in [0.15, 0.2) is 0 Å². The van der Waals surface area contributed by atoms with Gasteiger partial charge in [-0.2, -0.15) is 0 Å². The summed E-state index contributed by atoms with van der Waals surface area (Å²) in [4.78, 5) is 34.9. The van der Waals surface area contributed by atoms with Crippen LogP contribution in [0.25, 0.3) is 10.9 Å². The van der Waals surface area contributed by atoms with Gasteiger partial charge in [0, 0.05) is 17.2 Å². The second kappa shape index (κ2) is 7.99. The van der Waals surface area contributed by atoms with Gasteiger partial charge >= 0.3 is 0 Å². The number of hydrogen-bond donors (Lipinski definition) is 3. The Labute approximate surface area is 195 Å². The second-order valence-corrected chi connectivity index (χ2v) is 9.74. The number of thiol groups is 1. The number of benzene rings is 2. The molecule has 0 spiro atoms. The summed E-state index contributed by atoms with van der Waals surface area (Å²) in [6, 6.07) is 13.0. The van der Waals surface area contributed by atoms with E-state index in [0.717, 1.165) is 33.0 Å². The highest BCUT2D eigenvalue weighted by atomic mass is 32.2. The predicted molar refractivity (Wildman–Crippen MR) is 132 cm³/mol. The van der Waals surface area contributed by atoms with E-state index >= 15 is 0 Å². The minimum absolute atomic E-state index is 0.0199. The SMILES string of the molecule is CC(C)N(S)C1CSC(c2cc3cc(CN4C(=O)c5ccccc5C4=O)cc(N)c3[nH]2)=N1. The van der Waals surface area contributed by atoms with Gasteiger partial charge in [-0.05, 0) is 49.7 Å². The maximum Gasteiger partial charge on any atom is 0.261 e. The van der Waals surface area contributed by atoms with E-state index in [-0.39, 0.29) is 30.6 Å². The van der Waals surface area contributed by atoms with Crippen molar-refractivity contribution in [3.63, 3.8) is 0 Å². The van der Waals surface area contributed by atoms with E-state index in [2.05, 4.69) is 31.6 Å². The number of carbonyl (C=O) groups is 2. The van der Waals surface area contributed by atoms with Crippen LogP contribution in [-0.4, -0.2) is 49.0 Å². The number of thioether (sulfide) groups is 1. The van der Waals surface area contributed by atoms with Crippen LogP contribution in [0, 0.1) is 0 Å². The number of nitrogen functional groups attached to an aromatic ring is 1. The highest BCUT2D eigenvalue weighted by Crippen LogP contribution is 2.32. The van der Waals surface area contributed by atoms with Gasteiger partial charge < -0.3 is 10.7 Å². The summed E-state index contributed by atoms with van der Waals surface area (Å²) in [5.41, 5.74) is 10.3. The monoisotopic (exact) mass is 465 g/mol. The first-order chi connectivity index (χ1) is 15.3. The summed E-state index contributed by atoms with van der Waals surface area (Å²) >= 11 is 6.25. The number of imide groups is 1. The lowest BCUT2D eigenvalue weighted by atomic mass is 10.1. The van der Waals surface area contributed by atoms with Crippen LogP contribution < -0.4 is 5.73 Å². The molecule has 3 aromatic rings. The highest BCUT2D eigenvalue weighted by Gasteiger charge is 2.35.